The number of rotatable bonds is 6. The topological polar surface area (TPSA) is 69.6 Å². The van der Waals surface area contributed by atoms with Gasteiger partial charge in [0.15, 0.2) is 0 Å². The molecule has 5 nitrogen and oxygen atoms in total. The molecule has 1 rings (SSSR count). The van der Waals surface area contributed by atoms with Gasteiger partial charge in [0.1, 0.15) is 6.04 Å². The van der Waals surface area contributed by atoms with Crippen LogP contribution in [0.1, 0.15) is 45.4 Å². The number of amides is 2. The minimum absolute atomic E-state index is 0.266. The number of carbonyl (C=O) groups excluding carboxylic acids is 1. The minimum Gasteiger partial charge on any atom is -0.480 e. The summed E-state index contributed by atoms with van der Waals surface area (Å²) in [7, 11) is 1.73. The molecular formula is C12H22N2O3. The maximum absolute atomic E-state index is 11.8. The van der Waals surface area contributed by atoms with Crippen molar-refractivity contribution in [3.05, 3.63) is 0 Å². The average Bonchev–Trinajstić information content (AvgIpc) is 2.20. The van der Waals surface area contributed by atoms with E-state index in [0.717, 1.165) is 32.1 Å². The molecule has 1 atom stereocenters. The molecule has 2 N–H and O–H groups in total. The van der Waals surface area contributed by atoms with E-state index < -0.39 is 12.0 Å². The van der Waals surface area contributed by atoms with Crippen LogP contribution >= 0.6 is 0 Å². The number of unbranched alkanes of at least 4 members (excludes halogenated alkanes) is 1. The van der Waals surface area contributed by atoms with Crippen LogP contribution in [0.2, 0.25) is 0 Å². The molecule has 2 amide bonds. The largest absolute Gasteiger partial charge is 0.480 e. The van der Waals surface area contributed by atoms with Gasteiger partial charge in [-0.15, -0.1) is 0 Å². The first-order chi connectivity index (χ1) is 8.06. The number of hydrogen-bond donors (Lipinski definition) is 2. The number of carboxylic acid groups (broad SMARTS) is 1. The van der Waals surface area contributed by atoms with Crippen LogP contribution in [0.25, 0.3) is 0 Å². The molecule has 1 aliphatic carbocycles. The Balaban J connectivity index is 2.41. The van der Waals surface area contributed by atoms with Gasteiger partial charge >= 0.3 is 12.0 Å². The molecule has 0 aromatic heterocycles. The lowest BCUT2D eigenvalue weighted by Gasteiger charge is -2.35. The quantitative estimate of drug-likeness (QED) is 0.746. The summed E-state index contributed by atoms with van der Waals surface area (Å²) in [5.41, 5.74) is 0. The average molecular weight is 242 g/mol. The standard InChI is InChI=1S/C12H22N2O3/c1-3-4-8-10(11(15)16)13-12(17)14(2)9-6-5-7-9/h9-10H,3-8H2,1-2H3,(H,13,17)(H,15,16). The summed E-state index contributed by atoms with van der Waals surface area (Å²) >= 11 is 0. The first-order valence-corrected chi connectivity index (χ1v) is 6.32. The van der Waals surface area contributed by atoms with Gasteiger partial charge in [0, 0.05) is 13.1 Å². The predicted octanol–water partition coefficient (Wildman–Crippen LogP) is 1.82. The van der Waals surface area contributed by atoms with Crippen molar-refractivity contribution in [3.8, 4) is 0 Å². The van der Waals surface area contributed by atoms with Crippen molar-refractivity contribution in [2.45, 2.75) is 57.5 Å². The fourth-order valence-electron chi connectivity index (χ4n) is 1.86. The van der Waals surface area contributed by atoms with Crippen molar-refractivity contribution in [2.24, 2.45) is 0 Å². The molecule has 0 aromatic rings. The molecule has 0 aliphatic heterocycles. The first-order valence-electron chi connectivity index (χ1n) is 6.32. The second-order valence-electron chi connectivity index (χ2n) is 4.68. The van der Waals surface area contributed by atoms with Gasteiger partial charge in [0.25, 0.3) is 0 Å². The zero-order valence-corrected chi connectivity index (χ0v) is 10.6. The monoisotopic (exact) mass is 242 g/mol. The Morgan fingerprint density at radius 2 is 2.12 bits per heavy atom. The number of carbonyl (C=O) groups is 2. The lowest BCUT2D eigenvalue weighted by atomic mass is 9.92. The van der Waals surface area contributed by atoms with E-state index in [1.54, 1.807) is 11.9 Å². The van der Waals surface area contributed by atoms with Crippen LogP contribution in [0.3, 0.4) is 0 Å². The summed E-state index contributed by atoms with van der Waals surface area (Å²) < 4.78 is 0. The van der Waals surface area contributed by atoms with Crippen LogP contribution in [-0.4, -0.2) is 41.1 Å². The van der Waals surface area contributed by atoms with E-state index in [1.165, 1.54) is 0 Å². The van der Waals surface area contributed by atoms with Gasteiger partial charge in [0.2, 0.25) is 0 Å². The number of hydrogen-bond acceptors (Lipinski definition) is 2. The smallest absolute Gasteiger partial charge is 0.326 e. The molecule has 0 saturated heterocycles. The van der Waals surface area contributed by atoms with Crippen LogP contribution in [-0.2, 0) is 4.79 Å². The third-order valence-electron chi connectivity index (χ3n) is 3.38. The van der Waals surface area contributed by atoms with Gasteiger partial charge in [-0.25, -0.2) is 9.59 Å². The first kappa shape index (κ1) is 13.8. The van der Waals surface area contributed by atoms with Gasteiger partial charge in [-0.3, -0.25) is 0 Å². The second-order valence-corrected chi connectivity index (χ2v) is 4.68. The summed E-state index contributed by atoms with van der Waals surface area (Å²) in [6.07, 6.45) is 5.44. The number of nitrogens with zero attached hydrogens (tertiary/aromatic N) is 1. The van der Waals surface area contributed by atoms with E-state index >= 15 is 0 Å². The van der Waals surface area contributed by atoms with E-state index in [4.69, 9.17) is 5.11 Å². The molecule has 0 spiro atoms. The van der Waals surface area contributed by atoms with Gasteiger partial charge in [-0.1, -0.05) is 19.8 Å². The second kappa shape index (κ2) is 6.47. The highest BCUT2D eigenvalue weighted by Gasteiger charge is 2.28. The highest BCUT2D eigenvalue weighted by molar-refractivity contribution is 5.82. The SMILES string of the molecule is CCCCC(NC(=O)N(C)C1CCC1)C(=O)O. The Kier molecular flexibility index (Phi) is 5.25. The fourth-order valence-corrected chi connectivity index (χ4v) is 1.86. The molecule has 1 saturated carbocycles. The molecule has 1 fully saturated rings. The van der Waals surface area contributed by atoms with Gasteiger partial charge in [-0.2, -0.15) is 0 Å². The molecule has 0 bridgehead atoms. The normalized spacial score (nSPS) is 17.1. The van der Waals surface area contributed by atoms with E-state index in [9.17, 15) is 9.59 Å². The van der Waals surface area contributed by atoms with E-state index in [-0.39, 0.29) is 12.1 Å². The van der Waals surface area contributed by atoms with E-state index in [2.05, 4.69) is 5.32 Å². The Bertz CT molecular complexity index is 277. The zero-order valence-electron chi connectivity index (χ0n) is 10.6. The Morgan fingerprint density at radius 1 is 1.47 bits per heavy atom. The van der Waals surface area contributed by atoms with Crippen molar-refractivity contribution in [2.75, 3.05) is 7.05 Å². The highest BCUT2D eigenvalue weighted by atomic mass is 16.4. The Labute approximate surface area is 102 Å². The van der Waals surface area contributed by atoms with Crippen molar-refractivity contribution in [1.29, 1.82) is 0 Å². The minimum atomic E-state index is -0.950. The third kappa shape index (κ3) is 3.91. The Morgan fingerprint density at radius 3 is 2.53 bits per heavy atom. The van der Waals surface area contributed by atoms with Crippen molar-refractivity contribution in [3.63, 3.8) is 0 Å². The van der Waals surface area contributed by atoms with Crippen LogP contribution in [0, 0.1) is 0 Å². The van der Waals surface area contributed by atoms with Crippen molar-refractivity contribution in [1.82, 2.24) is 10.2 Å². The molecular weight excluding hydrogens is 220 g/mol. The summed E-state index contributed by atoms with van der Waals surface area (Å²) in [5.74, 6) is -0.950. The summed E-state index contributed by atoms with van der Waals surface area (Å²) in [5, 5.41) is 11.6. The highest BCUT2D eigenvalue weighted by Crippen LogP contribution is 2.23. The van der Waals surface area contributed by atoms with Gasteiger partial charge in [-0.05, 0) is 25.7 Å². The van der Waals surface area contributed by atoms with E-state index in [0.29, 0.717) is 6.42 Å². The van der Waals surface area contributed by atoms with Crippen LogP contribution in [0.5, 0.6) is 0 Å². The summed E-state index contributed by atoms with van der Waals surface area (Å²) in [4.78, 5) is 24.4. The molecule has 5 heteroatoms. The molecule has 98 valence electrons. The number of nitrogens with one attached hydrogen (secondary N) is 1. The summed E-state index contributed by atoms with van der Waals surface area (Å²) in [6.45, 7) is 2.00. The lowest BCUT2D eigenvalue weighted by Crippen LogP contribution is -2.51. The maximum Gasteiger partial charge on any atom is 0.326 e. The molecule has 0 aromatic carbocycles. The molecule has 0 heterocycles. The predicted molar refractivity (Wildman–Crippen MR) is 64.9 cm³/mol. The lowest BCUT2D eigenvalue weighted by molar-refractivity contribution is -0.139. The van der Waals surface area contributed by atoms with Gasteiger partial charge < -0.3 is 15.3 Å². The van der Waals surface area contributed by atoms with Crippen LogP contribution in [0.4, 0.5) is 4.79 Å². The van der Waals surface area contributed by atoms with Gasteiger partial charge in [0.05, 0.1) is 0 Å². The maximum atomic E-state index is 11.8. The fraction of sp³-hybridized carbons (Fsp3) is 0.833. The third-order valence-corrected chi connectivity index (χ3v) is 3.38. The zero-order chi connectivity index (χ0) is 12.8. The summed E-state index contributed by atoms with van der Waals surface area (Å²) in [6, 6.07) is -0.737. The van der Waals surface area contributed by atoms with Crippen molar-refractivity contribution >= 4 is 12.0 Å². The molecule has 0 radical (unpaired) electrons. The number of carboxylic acids is 1. The Hall–Kier alpha value is -1.26. The molecule has 1 aliphatic rings. The molecule has 1 unspecified atom stereocenters. The van der Waals surface area contributed by atoms with E-state index in [1.807, 2.05) is 6.92 Å². The number of aliphatic carboxylic acids is 1. The van der Waals surface area contributed by atoms with Crippen molar-refractivity contribution < 1.29 is 14.7 Å². The van der Waals surface area contributed by atoms with Crippen LogP contribution in [0.15, 0.2) is 0 Å². The molecule has 17 heavy (non-hydrogen) atoms. The number of urea groups is 1. The van der Waals surface area contributed by atoms with Crippen LogP contribution < -0.4 is 5.32 Å².